The Labute approximate surface area is 132 Å². The van der Waals surface area contributed by atoms with E-state index in [1.54, 1.807) is 20.8 Å². The molecule has 0 fully saturated rings. The lowest BCUT2D eigenvalue weighted by Crippen LogP contribution is -2.54. The van der Waals surface area contributed by atoms with Crippen LogP contribution in [0.15, 0.2) is 28.7 Å². The third-order valence-corrected chi connectivity index (χ3v) is 3.25. The van der Waals surface area contributed by atoms with E-state index < -0.39 is 23.2 Å². The first-order chi connectivity index (χ1) is 9.52. The normalized spacial score (nSPS) is 14.1. The van der Waals surface area contributed by atoms with Gasteiger partial charge in [0.1, 0.15) is 11.1 Å². The molecule has 0 heterocycles. The SMILES string of the molecule is CC(C)(C)OC(=O)N[C@@](C)(Cc1ccc(Br)cc1)C(=O)O. The lowest BCUT2D eigenvalue weighted by atomic mass is 9.93. The van der Waals surface area contributed by atoms with E-state index in [4.69, 9.17) is 4.74 Å². The van der Waals surface area contributed by atoms with Crippen LogP contribution in [0.2, 0.25) is 0 Å². The molecule has 2 N–H and O–H groups in total. The van der Waals surface area contributed by atoms with E-state index >= 15 is 0 Å². The van der Waals surface area contributed by atoms with Gasteiger partial charge in [-0.3, -0.25) is 0 Å². The van der Waals surface area contributed by atoms with Gasteiger partial charge in [-0.25, -0.2) is 9.59 Å². The number of carbonyl (C=O) groups excluding carboxylic acids is 1. The Bertz CT molecular complexity index is 521. The van der Waals surface area contributed by atoms with E-state index in [1.165, 1.54) is 6.92 Å². The third-order valence-electron chi connectivity index (χ3n) is 2.72. The van der Waals surface area contributed by atoms with Gasteiger partial charge in [-0.2, -0.15) is 0 Å². The van der Waals surface area contributed by atoms with Crippen molar-refractivity contribution >= 4 is 28.0 Å². The van der Waals surface area contributed by atoms with Gasteiger partial charge in [0.05, 0.1) is 0 Å². The Hall–Kier alpha value is -1.56. The molecule has 0 saturated carbocycles. The largest absolute Gasteiger partial charge is 0.480 e. The van der Waals surface area contributed by atoms with Crippen LogP contribution in [0.5, 0.6) is 0 Å². The van der Waals surface area contributed by atoms with Gasteiger partial charge >= 0.3 is 12.1 Å². The predicted octanol–water partition coefficient (Wildman–Crippen LogP) is 3.36. The number of carbonyl (C=O) groups is 2. The lowest BCUT2D eigenvalue weighted by Gasteiger charge is -2.28. The Kier molecular flexibility index (Phi) is 5.39. The van der Waals surface area contributed by atoms with E-state index in [1.807, 2.05) is 24.3 Å². The number of alkyl carbamates (subject to hydrolysis) is 1. The fourth-order valence-electron chi connectivity index (χ4n) is 1.71. The van der Waals surface area contributed by atoms with E-state index in [-0.39, 0.29) is 6.42 Å². The van der Waals surface area contributed by atoms with Gasteiger partial charge in [0.2, 0.25) is 0 Å². The van der Waals surface area contributed by atoms with Crippen LogP contribution in [0.4, 0.5) is 4.79 Å². The Morgan fingerprint density at radius 3 is 2.14 bits per heavy atom. The van der Waals surface area contributed by atoms with Crippen molar-refractivity contribution in [3.63, 3.8) is 0 Å². The van der Waals surface area contributed by atoms with E-state index in [9.17, 15) is 14.7 Å². The van der Waals surface area contributed by atoms with Gasteiger partial charge in [-0.05, 0) is 45.4 Å². The summed E-state index contributed by atoms with van der Waals surface area (Å²) in [6.45, 7) is 6.62. The molecule has 0 bridgehead atoms. The van der Waals surface area contributed by atoms with Crippen molar-refractivity contribution in [2.45, 2.75) is 45.3 Å². The number of hydrogen-bond donors (Lipinski definition) is 2. The summed E-state index contributed by atoms with van der Waals surface area (Å²) in [4.78, 5) is 23.3. The topological polar surface area (TPSA) is 75.6 Å². The van der Waals surface area contributed by atoms with Crippen molar-refractivity contribution in [2.24, 2.45) is 0 Å². The van der Waals surface area contributed by atoms with Gasteiger partial charge in [-0.15, -0.1) is 0 Å². The zero-order valence-corrected chi connectivity index (χ0v) is 14.2. The van der Waals surface area contributed by atoms with Crippen molar-refractivity contribution in [1.82, 2.24) is 5.32 Å². The molecule has 0 aliphatic heterocycles. The van der Waals surface area contributed by atoms with Crippen LogP contribution in [0.1, 0.15) is 33.3 Å². The Morgan fingerprint density at radius 1 is 1.19 bits per heavy atom. The summed E-state index contributed by atoms with van der Waals surface area (Å²) < 4.78 is 6.03. The van der Waals surface area contributed by atoms with Crippen LogP contribution in [-0.4, -0.2) is 28.3 Å². The van der Waals surface area contributed by atoms with Crippen LogP contribution >= 0.6 is 15.9 Å². The second-order valence-corrected chi connectivity index (χ2v) is 6.98. The molecule has 5 nitrogen and oxygen atoms in total. The quantitative estimate of drug-likeness (QED) is 0.866. The summed E-state index contributed by atoms with van der Waals surface area (Å²) in [5.41, 5.74) is -1.31. The minimum atomic E-state index is -1.43. The summed E-state index contributed by atoms with van der Waals surface area (Å²) in [6, 6.07) is 7.26. The van der Waals surface area contributed by atoms with Crippen molar-refractivity contribution < 1.29 is 19.4 Å². The second-order valence-electron chi connectivity index (χ2n) is 6.07. The standard InChI is InChI=1S/C15H20BrNO4/c1-14(2,3)21-13(20)17-15(4,12(18)19)9-10-5-7-11(16)8-6-10/h5-8H,9H2,1-4H3,(H,17,20)(H,18,19)/t15-/m0/s1. The molecule has 0 radical (unpaired) electrons. The summed E-state index contributed by atoms with van der Waals surface area (Å²) >= 11 is 3.32. The molecule has 1 aromatic carbocycles. The Morgan fingerprint density at radius 2 is 1.71 bits per heavy atom. The first kappa shape index (κ1) is 17.5. The molecule has 1 aromatic rings. The number of hydrogen-bond acceptors (Lipinski definition) is 3. The monoisotopic (exact) mass is 357 g/mol. The van der Waals surface area contributed by atoms with Crippen LogP contribution in [0, 0.1) is 0 Å². The predicted molar refractivity (Wildman–Crippen MR) is 83.3 cm³/mol. The lowest BCUT2D eigenvalue weighted by molar-refractivity contribution is -0.144. The zero-order valence-electron chi connectivity index (χ0n) is 12.6. The molecule has 21 heavy (non-hydrogen) atoms. The van der Waals surface area contributed by atoms with E-state index in [0.717, 1.165) is 10.0 Å². The van der Waals surface area contributed by atoms with E-state index in [0.29, 0.717) is 0 Å². The minimum absolute atomic E-state index is 0.162. The highest BCUT2D eigenvalue weighted by Gasteiger charge is 2.36. The molecule has 1 atom stereocenters. The molecule has 1 amide bonds. The second kappa shape index (κ2) is 6.47. The van der Waals surface area contributed by atoms with Crippen molar-refractivity contribution in [2.75, 3.05) is 0 Å². The molecule has 6 heteroatoms. The number of carboxylic acid groups (broad SMARTS) is 1. The molecular formula is C15H20BrNO4. The Balaban J connectivity index is 2.86. The van der Waals surface area contributed by atoms with Crippen LogP contribution in [0.3, 0.4) is 0 Å². The van der Waals surface area contributed by atoms with Crippen molar-refractivity contribution in [3.05, 3.63) is 34.3 Å². The molecule has 0 aliphatic rings. The number of benzene rings is 1. The molecule has 1 rings (SSSR count). The number of carboxylic acids is 1. The smallest absolute Gasteiger partial charge is 0.408 e. The highest BCUT2D eigenvalue weighted by molar-refractivity contribution is 9.10. The molecule has 0 spiro atoms. The average Bonchev–Trinajstić information content (AvgIpc) is 2.29. The van der Waals surface area contributed by atoms with Crippen molar-refractivity contribution in [1.29, 1.82) is 0 Å². The van der Waals surface area contributed by atoms with Crippen molar-refractivity contribution in [3.8, 4) is 0 Å². The zero-order chi connectivity index (χ0) is 16.3. The summed E-state index contributed by atoms with van der Waals surface area (Å²) in [7, 11) is 0. The first-order valence-electron chi connectivity index (χ1n) is 6.51. The number of ether oxygens (including phenoxy) is 1. The van der Waals surface area contributed by atoms with Gasteiger partial charge in [0, 0.05) is 10.9 Å². The summed E-state index contributed by atoms with van der Waals surface area (Å²) in [5, 5.41) is 11.9. The molecular weight excluding hydrogens is 338 g/mol. The maximum atomic E-state index is 11.8. The maximum absolute atomic E-state index is 11.8. The van der Waals surface area contributed by atoms with Gasteiger partial charge in [0.25, 0.3) is 0 Å². The molecule has 0 aliphatic carbocycles. The van der Waals surface area contributed by atoms with Crippen LogP contribution < -0.4 is 5.32 Å². The summed E-state index contributed by atoms with van der Waals surface area (Å²) in [5.74, 6) is -1.11. The van der Waals surface area contributed by atoms with E-state index in [2.05, 4.69) is 21.2 Å². The maximum Gasteiger partial charge on any atom is 0.408 e. The van der Waals surface area contributed by atoms with Gasteiger partial charge in [0.15, 0.2) is 0 Å². The minimum Gasteiger partial charge on any atom is -0.480 e. The molecule has 0 saturated heterocycles. The number of nitrogens with one attached hydrogen (secondary N) is 1. The van der Waals surface area contributed by atoms with Gasteiger partial charge < -0.3 is 15.2 Å². The molecule has 0 aromatic heterocycles. The van der Waals surface area contributed by atoms with Crippen LogP contribution in [-0.2, 0) is 16.0 Å². The third kappa shape index (κ3) is 5.75. The number of rotatable bonds is 4. The highest BCUT2D eigenvalue weighted by atomic mass is 79.9. The fraction of sp³-hybridized carbons (Fsp3) is 0.467. The molecule has 0 unspecified atom stereocenters. The summed E-state index contributed by atoms with van der Waals surface area (Å²) in [6.07, 6.45) is -0.584. The first-order valence-corrected chi connectivity index (χ1v) is 7.30. The number of halogens is 1. The average molecular weight is 358 g/mol. The fourth-order valence-corrected chi connectivity index (χ4v) is 1.98. The molecule has 116 valence electrons. The number of aliphatic carboxylic acids is 1. The number of amides is 1. The van der Waals surface area contributed by atoms with Crippen LogP contribution in [0.25, 0.3) is 0 Å². The highest BCUT2D eigenvalue weighted by Crippen LogP contribution is 2.18. The van der Waals surface area contributed by atoms with Gasteiger partial charge in [-0.1, -0.05) is 28.1 Å².